The van der Waals surface area contributed by atoms with E-state index in [2.05, 4.69) is 6.92 Å². The van der Waals surface area contributed by atoms with Crippen molar-refractivity contribution in [3.63, 3.8) is 0 Å². The van der Waals surface area contributed by atoms with Crippen molar-refractivity contribution < 1.29 is 14.2 Å². The molecule has 2 saturated heterocycles. The largest absolute Gasteiger partial charge is 0.373 e. The molecule has 9 bridgehead atoms. The molecule has 16 atom stereocenters. The molecule has 0 radical (unpaired) electrons. The van der Waals surface area contributed by atoms with Gasteiger partial charge in [0.05, 0.1) is 18.3 Å². The van der Waals surface area contributed by atoms with Crippen LogP contribution in [0.3, 0.4) is 0 Å². The molecular formula is C23H30O3. The highest BCUT2D eigenvalue weighted by Gasteiger charge is 2.93. The van der Waals surface area contributed by atoms with Crippen LogP contribution in [0.15, 0.2) is 0 Å². The molecule has 0 amide bonds. The molecule has 10 fully saturated rings. The third-order valence-electron chi connectivity index (χ3n) is 12.4. The van der Waals surface area contributed by atoms with Crippen LogP contribution in [0, 0.1) is 70.0 Å². The molecule has 10 aliphatic rings. The van der Waals surface area contributed by atoms with E-state index in [-0.39, 0.29) is 6.29 Å². The molecule has 0 N–H and O–H groups in total. The molecule has 1 spiro atoms. The van der Waals surface area contributed by atoms with E-state index in [0.717, 1.165) is 65.6 Å². The Morgan fingerprint density at radius 1 is 0.769 bits per heavy atom. The van der Waals surface area contributed by atoms with E-state index in [0.29, 0.717) is 29.1 Å². The van der Waals surface area contributed by atoms with Crippen molar-refractivity contribution in [3.8, 4) is 0 Å². The van der Waals surface area contributed by atoms with Crippen molar-refractivity contribution >= 4 is 0 Å². The Balaban J connectivity index is 1.39. The number of rotatable bonds is 1. The minimum Gasteiger partial charge on any atom is -0.373 e. The van der Waals surface area contributed by atoms with Crippen LogP contribution in [0.2, 0.25) is 0 Å². The molecule has 3 nitrogen and oxygen atoms in total. The van der Waals surface area contributed by atoms with Crippen LogP contribution in [-0.2, 0) is 14.2 Å². The second kappa shape index (κ2) is 3.71. The van der Waals surface area contributed by atoms with Gasteiger partial charge in [-0.3, -0.25) is 0 Å². The van der Waals surface area contributed by atoms with E-state index in [4.69, 9.17) is 14.2 Å². The average molecular weight is 354 g/mol. The van der Waals surface area contributed by atoms with Crippen molar-refractivity contribution in [2.24, 2.45) is 70.0 Å². The molecule has 2 aliphatic heterocycles. The maximum absolute atomic E-state index is 7.19. The molecule has 10 rings (SSSR count). The van der Waals surface area contributed by atoms with Crippen molar-refractivity contribution in [3.05, 3.63) is 0 Å². The van der Waals surface area contributed by atoms with Gasteiger partial charge in [-0.05, 0) is 84.9 Å². The number of hydrogen-bond donors (Lipinski definition) is 0. The summed E-state index contributed by atoms with van der Waals surface area (Å²) in [5.41, 5.74) is 0.872. The van der Waals surface area contributed by atoms with Crippen LogP contribution >= 0.6 is 0 Å². The molecule has 140 valence electrons. The minimum atomic E-state index is 0.0166. The van der Waals surface area contributed by atoms with Crippen LogP contribution in [0.4, 0.5) is 0 Å². The lowest BCUT2D eigenvalue weighted by Crippen LogP contribution is -2.64. The van der Waals surface area contributed by atoms with E-state index < -0.39 is 0 Å². The summed E-state index contributed by atoms with van der Waals surface area (Å²) >= 11 is 0. The van der Waals surface area contributed by atoms with Gasteiger partial charge in [-0.2, -0.15) is 0 Å². The number of hydrogen-bond acceptors (Lipinski definition) is 3. The lowest BCUT2D eigenvalue weighted by Gasteiger charge is -2.62. The topological polar surface area (TPSA) is 27.7 Å². The van der Waals surface area contributed by atoms with Crippen LogP contribution in [-0.4, -0.2) is 31.7 Å². The molecule has 8 saturated carbocycles. The Morgan fingerprint density at radius 3 is 2.27 bits per heavy atom. The Hall–Kier alpha value is -0.120. The van der Waals surface area contributed by atoms with Crippen molar-refractivity contribution in [1.29, 1.82) is 0 Å². The summed E-state index contributed by atoms with van der Waals surface area (Å²) < 4.78 is 19.8. The predicted molar refractivity (Wildman–Crippen MR) is 92.9 cm³/mol. The van der Waals surface area contributed by atoms with E-state index in [1.54, 1.807) is 0 Å². The summed E-state index contributed by atoms with van der Waals surface area (Å²) in [5, 5.41) is 0. The third-order valence-corrected chi connectivity index (χ3v) is 12.4. The Kier molecular flexibility index (Phi) is 1.99. The first-order valence-corrected chi connectivity index (χ1v) is 11.5. The van der Waals surface area contributed by atoms with Gasteiger partial charge in [0.25, 0.3) is 0 Å². The van der Waals surface area contributed by atoms with E-state index in [1.807, 2.05) is 7.11 Å². The third kappa shape index (κ3) is 0.981. The number of methoxy groups -OCH3 is 1. The highest BCUT2D eigenvalue weighted by atomic mass is 16.7. The van der Waals surface area contributed by atoms with Crippen LogP contribution in [0.1, 0.15) is 39.0 Å². The first-order valence-electron chi connectivity index (χ1n) is 11.5. The Bertz CT molecular complexity index is 748. The summed E-state index contributed by atoms with van der Waals surface area (Å²) in [5.74, 6) is 9.56. The highest BCUT2D eigenvalue weighted by Crippen LogP contribution is 2.93. The zero-order valence-electron chi connectivity index (χ0n) is 15.8. The van der Waals surface area contributed by atoms with Crippen molar-refractivity contribution in [1.82, 2.24) is 0 Å². The summed E-state index contributed by atoms with van der Waals surface area (Å²) in [6.45, 7) is 2.72. The standard InChI is InChI=1S/C23H30O3/c1-22-17-8-3-5-10-14(8)20-15(17)16-18-9-4-6-11(13(9)19(16)22)26-21(22)23(18,20)7-12(24-2)25-10/h8-21H,3-7H2,1-2H3/t8-,9-,10-,11-,12-,13-,14-,15-,16+,17-,18+,19+,20-,21-,22-,23+/m1/s1. The zero-order chi connectivity index (χ0) is 16.7. The fourth-order valence-corrected chi connectivity index (χ4v) is 13.1. The van der Waals surface area contributed by atoms with Crippen LogP contribution < -0.4 is 0 Å². The molecule has 0 aromatic carbocycles. The van der Waals surface area contributed by atoms with Crippen molar-refractivity contribution in [2.75, 3.05) is 7.11 Å². The zero-order valence-corrected chi connectivity index (χ0v) is 15.8. The van der Waals surface area contributed by atoms with E-state index in [9.17, 15) is 0 Å². The molecule has 0 aromatic rings. The minimum absolute atomic E-state index is 0.0166. The summed E-state index contributed by atoms with van der Waals surface area (Å²) in [6, 6.07) is 0. The molecule has 0 unspecified atom stereocenters. The van der Waals surface area contributed by atoms with Gasteiger partial charge in [-0.15, -0.1) is 0 Å². The molecule has 3 heteroatoms. The quantitative estimate of drug-likeness (QED) is 0.723. The van der Waals surface area contributed by atoms with Crippen LogP contribution in [0.25, 0.3) is 0 Å². The van der Waals surface area contributed by atoms with Gasteiger partial charge in [0, 0.05) is 24.4 Å². The maximum Gasteiger partial charge on any atom is 0.158 e. The normalized spacial score (nSPS) is 80.1. The summed E-state index contributed by atoms with van der Waals surface area (Å²) in [4.78, 5) is 0. The predicted octanol–water partition coefficient (Wildman–Crippen LogP) is 3.33. The molecule has 8 aliphatic carbocycles. The van der Waals surface area contributed by atoms with Gasteiger partial charge in [0.1, 0.15) is 0 Å². The summed E-state index contributed by atoms with van der Waals surface area (Å²) in [6.07, 6.45) is 8.29. The van der Waals surface area contributed by atoms with Gasteiger partial charge >= 0.3 is 0 Å². The first kappa shape index (κ1) is 14.0. The highest BCUT2D eigenvalue weighted by molar-refractivity contribution is 5.40. The lowest BCUT2D eigenvalue weighted by molar-refractivity contribution is -0.265. The second-order valence-electron chi connectivity index (χ2n) is 12.0. The van der Waals surface area contributed by atoms with E-state index in [1.165, 1.54) is 25.7 Å². The van der Waals surface area contributed by atoms with Gasteiger partial charge in [0.2, 0.25) is 0 Å². The Labute approximate surface area is 155 Å². The fourth-order valence-electron chi connectivity index (χ4n) is 13.1. The van der Waals surface area contributed by atoms with Crippen molar-refractivity contribution in [2.45, 2.75) is 63.6 Å². The average Bonchev–Trinajstić information content (AvgIpc) is 3.34. The van der Waals surface area contributed by atoms with Gasteiger partial charge < -0.3 is 14.2 Å². The molecule has 2 heterocycles. The summed E-state index contributed by atoms with van der Waals surface area (Å²) in [7, 11) is 1.89. The molecular weight excluding hydrogens is 324 g/mol. The van der Waals surface area contributed by atoms with E-state index >= 15 is 0 Å². The molecule has 0 aromatic heterocycles. The lowest BCUT2D eigenvalue weighted by atomic mass is 9.48. The van der Waals surface area contributed by atoms with Gasteiger partial charge in [-0.25, -0.2) is 0 Å². The smallest absolute Gasteiger partial charge is 0.158 e. The van der Waals surface area contributed by atoms with Crippen LogP contribution in [0.5, 0.6) is 0 Å². The second-order valence-corrected chi connectivity index (χ2v) is 12.0. The molecule has 26 heavy (non-hydrogen) atoms. The fraction of sp³-hybridized carbons (Fsp3) is 1.00. The Morgan fingerprint density at radius 2 is 1.46 bits per heavy atom. The SMILES string of the molecule is CO[C@H]1C[C@]23[C@H]4[C@@H]5[C@@H]6[C@@H]7[C@@H]8[C@@H](CC[C@H]8O[C@@H]2[C@]7(C)[C@@H]5[C@@H]2CC[C@@H](O1)[C@@H]24)[C@@H]63. The number of ether oxygens (including phenoxy) is 3. The maximum atomic E-state index is 7.19. The van der Waals surface area contributed by atoms with Gasteiger partial charge in [-0.1, -0.05) is 6.92 Å². The monoisotopic (exact) mass is 354 g/mol. The van der Waals surface area contributed by atoms with Gasteiger partial charge in [0.15, 0.2) is 6.29 Å². The first-order chi connectivity index (χ1) is 12.7.